The summed E-state index contributed by atoms with van der Waals surface area (Å²) in [7, 11) is 0. The zero-order valence-electron chi connectivity index (χ0n) is 8.31. The molecule has 0 atom stereocenters. The molecule has 16 heavy (non-hydrogen) atoms. The first kappa shape index (κ1) is 9.30. The van der Waals surface area contributed by atoms with Crippen LogP contribution in [-0.2, 0) is 0 Å². The summed E-state index contributed by atoms with van der Waals surface area (Å²) >= 11 is 1.56. The van der Waals surface area contributed by atoms with E-state index in [0.717, 1.165) is 20.8 Å². The van der Waals surface area contributed by atoms with E-state index in [4.69, 9.17) is 0 Å². The molecule has 0 saturated carbocycles. The van der Waals surface area contributed by atoms with Crippen LogP contribution in [0, 0.1) is 0 Å². The summed E-state index contributed by atoms with van der Waals surface area (Å²) in [6.45, 7) is 0. The van der Waals surface area contributed by atoms with Crippen molar-refractivity contribution in [3.05, 3.63) is 52.9 Å². The minimum atomic E-state index is 0.0424. The van der Waals surface area contributed by atoms with E-state index in [1.807, 2.05) is 24.3 Å². The normalized spacial score (nSPS) is 10.8. The molecule has 78 valence electrons. The molecule has 1 N–H and O–H groups in total. The Balaban J connectivity index is 2.34. The van der Waals surface area contributed by atoms with Crippen LogP contribution in [0.2, 0.25) is 0 Å². The van der Waals surface area contributed by atoms with Gasteiger partial charge in [0.25, 0.3) is 0 Å². The number of aromatic nitrogens is 2. The Kier molecular flexibility index (Phi) is 2.08. The van der Waals surface area contributed by atoms with Crippen LogP contribution >= 0.6 is 11.3 Å². The van der Waals surface area contributed by atoms with Crippen molar-refractivity contribution in [3.8, 4) is 10.7 Å². The van der Waals surface area contributed by atoms with Crippen LogP contribution in [0.15, 0.2) is 47.5 Å². The van der Waals surface area contributed by atoms with Crippen LogP contribution in [0.5, 0.6) is 0 Å². The number of hydrogen-bond acceptors (Lipinski definition) is 3. The average molecular weight is 228 g/mol. The lowest BCUT2D eigenvalue weighted by atomic mass is 10.2. The van der Waals surface area contributed by atoms with Crippen molar-refractivity contribution in [3.63, 3.8) is 0 Å². The fourth-order valence-electron chi connectivity index (χ4n) is 1.62. The molecule has 0 unspecified atom stereocenters. The Morgan fingerprint density at radius 1 is 1.25 bits per heavy atom. The fraction of sp³-hybridized carbons (Fsp3) is 0. The third-order valence-electron chi connectivity index (χ3n) is 2.37. The lowest BCUT2D eigenvalue weighted by molar-refractivity contribution is 1.33. The number of benzene rings is 1. The molecule has 2 aromatic heterocycles. The van der Waals surface area contributed by atoms with Gasteiger partial charge in [0.1, 0.15) is 5.82 Å². The summed E-state index contributed by atoms with van der Waals surface area (Å²) in [5.74, 6) is 0.743. The number of nitrogens with one attached hydrogen (secondary N) is 1. The van der Waals surface area contributed by atoms with Crippen LogP contribution in [-0.4, -0.2) is 9.97 Å². The molecular weight excluding hydrogens is 220 g/mol. The minimum Gasteiger partial charge on any atom is -0.344 e. The molecule has 0 saturated heterocycles. The maximum atomic E-state index is 11.9. The summed E-state index contributed by atoms with van der Waals surface area (Å²) in [4.78, 5) is 19.9. The van der Waals surface area contributed by atoms with Gasteiger partial charge >= 0.3 is 0 Å². The van der Waals surface area contributed by atoms with Crippen molar-refractivity contribution < 1.29 is 0 Å². The van der Waals surface area contributed by atoms with Gasteiger partial charge in [-0.3, -0.25) is 4.79 Å². The molecule has 3 rings (SSSR count). The average Bonchev–Trinajstić information content (AvgIpc) is 2.82. The molecule has 0 bridgehead atoms. The maximum absolute atomic E-state index is 11.9. The quantitative estimate of drug-likeness (QED) is 0.696. The highest BCUT2D eigenvalue weighted by Crippen LogP contribution is 2.24. The van der Waals surface area contributed by atoms with Gasteiger partial charge in [0.2, 0.25) is 0 Å². The molecule has 0 spiro atoms. The Morgan fingerprint density at radius 2 is 2.12 bits per heavy atom. The summed E-state index contributed by atoms with van der Waals surface area (Å²) in [6, 6.07) is 9.24. The zero-order chi connectivity index (χ0) is 11.0. The maximum Gasteiger partial charge on any atom is 0.188 e. The van der Waals surface area contributed by atoms with Gasteiger partial charge in [-0.1, -0.05) is 12.1 Å². The van der Waals surface area contributed by atoms with Crippen LogP contribution in [0.3, 0.4) is 0 Å². The summed E-state index contributed by atoms with van der Waals surface area (Å²) in [6.07, 6.45) is 3.43. The van der Waals surface area contributed by atoms with Gasteiger partial charge < -0.3 is 4.98 Å². The number of imidazole rings is 1. The number of H-pyrrole nitrogens is 1. The molecule has 0 aliphatic rings. The Hall–Kier alpha value is -1.94. The molecule has 0 radical (unpaired) electrons. The van der Waals surface area contributed by atoms with Gasteiger partial charge in [0.05, 0.1) is 4.88 Å². The SMILES string of the molecule is O=c1cc(-c2ncc[nH]2)sc2ccccc12. The highest BCUT2D eigenvalue weighted by Gasteiger charge is 2.05. The zero-order valence-corrected chi connectivity index (χ0v) is 9.12. The second-order valence-corrected chi connectivity index (χ2v) is 4.49. The van der Waals surface area contributed by atoms with E-state index in [1.165, 1.54) is 0 Å². The standard InChI is InChI=1S/C12H8N2OS/c15-9-7-11(12-13-5-6-14-12)16-10-4-2-1-3-8(9)10/h1-7H,(H,13,14). The van der Waals surface area contributed by atoms with E-state index in [2.05, 4.69) is 9.97 Å². The first-order chi connectivity index (χ1) is 7.84. The summed E-state index contributed by atoms with van der Waals surface area (Å²) < 4.78 is 0.987. The number of hydrogen-bond donors (Lipinski definition) is 1. The minimum absolute atomic E-state index is 0.0424. The van der Waals surface area contributed by atoms with E-state index < -0.39 is 0 Å². The monoisotopic (exact) mass is 228 g/mol. The Morgan fingerprint density at radius 3 is 2.94 bits per heavy atom. The summed E-state index contributed by atoms with van der Waals surface area (Å²) in [5.41, 5.74) is 0.0424. The highest BCUT2D eigenvalue weighted by molar-refractivity contribution is 7.21. The van der Waals surface area contributed by atoms with Crippen LogP contribution in [0.1, 0.15) is 0 Å². The van der Waals surface area contributed by atoms with Gasteiger partial charge in [-0.2, -0.15) is 0 Å². The van der Waals surface area contributed by atoms with Crippen LogP contribution < -0.4 is 5.43 Å². The lowest BCUT2D eigenvalue weighted by Gasteiger charge is -1.98. The van der Waals surface area contributed by atoms with Crippen LogP contribution in [0.25, 0.3) is 20.8 Å². The molecule has 2 heterocycles. The van der Waals surface area contributed by atoms with E-state index >= 15 is 0 Å². The topological polar surface area (TPSA) is 45.8 Å². The fourth-order valence-corrected chi connectivity index (χ4v) is 2.66. The van der Waals surface area contributed by atoms with E-state index in [1.54, 1.807) is 29.8 Å². The number of fused-ring (bicyclic) bond motifs is 1. The van der Waals surface area contributed by atoms with E-state index in [9.17, 15) is 4.79 Å². The second kappa shape index (κ2) is 3.57. The van der Waals surface area contributed by atoms with Crippen molar-refractivity contribution in [1.29, 1.82) is 0 Å². The number of aromatic amines is 1. The van der Waals surface area contributed by atoms with Crippen molar-refractivity contribution in [2.75, 3.05) is 0 Å². The molecule has 4 heteroatoms. The van der Waals surface area contributed by atoms with Gasteiger partial charge in [0, 0.05) is 28.5 Å². The Bertz CT molecular complexity index is 686. The highest BCUT2D eigenvalue weighted by atomic mass is 32.1. The van der Waals surface area contributed by atoms with Gasteiger partial charge in [-0.15, -0.1) is 11.3 Å². The number of rotatable bonds is 1. The third-order valence-corrected chi connectivity index (χ3v) is 3.47. The van der Waals surface area contributed by atoms with Gasteiger partial charge in [0.15, 0.2) is 5.43 Å². The third kappa shape index (κ3) is 1.44. The first-order valence-electron chi connectivity index (χ1n) is 4.87. The molecule has 0 fully saturated rings. The molecular formula is C12H8N2OS. The Labute approximate surface area is 95.4 Å². The van der Waals surface area contributed by atoms with Gasteiger partial charge in [-0.25, -0.2) is 4.98 Å². The van der Waals surface area contributed by atoms with E-state index in [-0.39, 0.29) is 5.43 Å². The largest absolute Gasteiger partial charge is 0.344 e. The predicted octanol–water partition coefficient (Wildman–Crippen LogP) is 2.65. The van der Waals surface area contributed by atoms with Gasteiger partial charge in [-0.05, 0) is 12.1 Å². The predicted molar refractivity (Wildman–Crippen MR) is 65.7 cm³/mol. The molecule has 3 aromatic rings. The van der Waals surface area contributed by atoms with Crippen molar-refractivity contribution in [1.82, 2.24) is 9.97 Å². The second-order valence-electron chi connectivity index (χ2n) is 3.41. The summed E-state index contributed by atoms with van der Waals surface area (Å²) in [5, 5.41) is 0.766. The number of nitrogens with zero attached hydrogens (tertiary/aromatic N) is 1. The smallest absolute Gasteiger partial charge is 0.188 e. The van der Waals surface area contributed by atoms with Crippen molar-refractivity contribution >= 4 is 21.4 Å². The van der Waals surface area contributed by atoms with Crippen LogP contribution in [0.4, 0.5) is 0 Å². The molecule has 1 aromatic carbocycles. The first-order valence-corrected chi connectivity index (χ1v) is 5.69. The molecule has 0 amide bonds. The van der Waals surface area contributed by atoms with Crippen molar-refractivity contribution in [2.24, 2.45) is 0 Å². The van der Waals surface area contributed by atoms with Crippen molar-refractivity contribution in [2.45, 2.75) is 0 Å². The molecule has 0 aliphatic heterocycles. The van der Waals surface area contributed by atoms with E-state index in [0.29, 0.717) is 0 Å². The molecule has 0 aliphatic carbocycles. The lowest BCUT2D eigenvalue weighted by Crippen LogP contribution is -1.98. The molecule has 3 nitrogen and oxygen atoms in total.